The third kappa shape index (κ3) is 16.8. The predicted octanol–water partition coefficient (Wildman–Crippen LogP) is 12.8. The third-order valence-electron chi connectivity index (χ3n) is 20.3. The van der Waals surface area contributed by atoms with Crippen LogP contribution >= 0.6 is 0 Å². The number of carbonyl (C=O) groups is 6. The maximum Gasteiger partial charge on any atom is 0.344 e. The molecule has 13 aliphatic rings. The van der Waals surface area contributed by atoms with Crippen LogP contribution in [0.4, 0.5) is 0 Å². The van der Waals surface area contributed by atoms with E-state index < -0.39 is 47.4 Å². The summed E-state index contributed by atoms with van der Waals surface area (Å²) in [5.41, 5.74) is -0.101. The summed E-state index contributed by atoms with van der Waals surface area (Å²) in [4.78, 5) is 70.5. The number of hydrogen-bond donors (Lipinski definition) is 2. The van der Waals surface area contributed by atoms with Gasteiger partial charge < -0.3 is 48.1 Å². The number of aliphatic hydroxyl groups is 2. The zero-order valence-electron chi connectivity index (χ0n) is 53.9. The number of carbonyl (C=O) groups excluding carboxylic acids is 6. The molecule has 2 heterocycles. The fourth-order valence-corrected chi connectivity index (χ4v) is 17.1. The Kier molecular flexibility index (Phi) is 22.6. The summed E-state index contributed by atoms with van der Waals surface area (Å²) in [6, 6.07) is 7.74. The molecule has 87 heavy (non-hydrogen) atoms. The van der Waals surface area contributed by atoms with Gasteiger partial charge in [-0.2, -0.15) is 0 Å². The average Bonchev–Trinajstić information content (AvgIpc) is 1.35. The van der Waals surface area contributed by atoms with Gasteiger partial charge in [0, 0.05) is 54.1 Å². The lowest BCUT2D eigenvalue weighted by Crippen LogP contribution is -2.66. The summed E-state index contributed by atoms with van der Waals surface area (Å²) in [5.74, 6) is 3.23. The summed E-state index contributed by atoms with van der Waals surface area (Å²) in [7, 11) is 0. The molecule has 2 N–H and O–H groups in total. The molecule has 2 saturated heterocycles. The second kappa shape index (κ2) is 28.5. The average molecular weight is 1210 g/mol. The zero-order valence-corrected chi connectivity index (χ0v) is 53.9. The summed E-state index contributed by atoms with van der Waals surface area (Å²) < 4.78 is 43.8. The molecule has 16 nitrogen and oxygen atoms in total. The second-order valence-corrected chi connectivity index (χ2v) is 28.4. The Labute approximate surface area is 517 Å². The topological polar surface area (TPSA) is 217 Å². The van der Waals surface area contributed by atoms with E-state index in [4.69, 9.17) is 37.9 Å². The standard InChI is InChI=1S/C17H26O2.C16H20O6.C14H20O4.C12H20O2.C12H16O2/c1-10(2)16(18)19-17(11(3)4)14-6-12-5-13(8-14)9-15(17)7-12;1-8(2)15(18)20-7-13(17)22-14-10-3-9-4-11(6-10)16(19)21-12(14)5-9;1-9(2)11(15)18-14-5-10-3-12(16,7-14)6-13(17,4-10)8-14;1-9(2)11(13)14-12(10(3)4)7-5-6-8-12;1-4-11-6-8-12(9-7-11)14-10(3)13-5-2/h11-15H,1,5-9H2,2-4H3;9-12,14H,1,3-7H2,2H3;10,16-17H,1,3-8H2,2H3;10H,1,5-8H2,2-4H3;4,6-10H,1,5H2,2-3H3. The minimum atomic E-state index is -0.858. The number of ether oxygens (including phenoxy) is 8. The molecule has 0 radical (unpaired) electrons. The van der Waals surface area contributed by atoms with Crippen molar-refractivity contribution in [3.05, 3.63) is 85.0 Å². The Morgan fingerprint density at radius 3 is 1.67 bits per heavy atom. The maximum atomic E-state index is 12.1. The first-order valence-corrected chi connectivity index (χ1v) is 32.2. The molecular weight excluding hydrogens is 1110 g/mol. The lowest BCUT2D eigenvalue weighted by molar-refractivity contribution is -0.260. The lowest BCUT2D eigenvalue weighted by Gasteiger charge is -2.62. The van der Waals surface area contributed by atoms with Crippen LogP contribution in [0.2, 0.25) is 0 Å². The first-order chi connectivity index (χ1) is 40.8. The molecule has 8 atom stereocenters. The molecule has 11 aliphatic carbocycles. The third-order valence-corrected chi connectivity index (χ3v) is 20.3. The van der Waals surface area contributed by atoms with Gasteiger partial charge in [-0.1, -0.05) is 78.8 Å². The molecule has 482 valence electrons. The van der Waals surface area contributed by atoms with Crippen LogP contribution in [0.5, 0.6) is 5.75 Å². The van der Waals surface area contributed by atoms with Crippen molar-refractivity contribution >= 4 is 41.9 Å². The van der Waals surface area contributed by atoms with E-state index in [0.717, 1.165) is 80.9 Å². The monoisotopic (exact) mass is 1210 g/mol. The van der Waals surface area contributed by atoms with E-state index in [2.05, 4.69) is 60.6 Å². The molecule has 0 spiro atoms. The molecule has 1 aromatic carbocycles. The first kappa shape index (κ1) is 68.9. The summed E-state index contributed by atoms with van der Waals surface area (Å²) >= 11 is 0. The van der Waals surface area contributed by atoms with E-state index in [0.29, 0.717) is 72.2 Å². The minimum absolute atomic E-state index is 0.0568. The van der Waals surface area contributed by atoms with E-state index in [-0.39, 0.29) is 64.8 Å². The minimum Gasteiger partial charge on any atom is -0.465 e. The van der Waals surface area contributed by atoms with Gasteiger partial charge in [-0.3, -0.25) is 4.79 Å². The summed E-state index contributed by atoms with van der Waals surface area (Å²) in [5, 5.41) is 21.0. The molecule has 8 unspecified atom stereocenters. The largest absolute Gasteiger partial charge is 0.465 e. The van der Waals surface area contributed by atoms with Crippen LogP contribution < -0.4 is 4.74 Å². The van der Waals surface area contributed by atoms with Crippen LogP contribution in [-0.4, -0.2) is 106 Å². The van der Waals surface area contributed by atoms with E-state index in [1.807, 2.05) is 38.1 Å². The number of rotatable bonds is 17. The van der Waals surface area contributed by atoms with E-state index >= 15 is 0 Å². The van der Waals surface area contributed by atoms with Crippen LogP contribution in [0.1, 0.15) is 197 Å². The number of fused-ring (bicyclic) bond motifs is 1. The van der Waals surface area contributed by atoms with Crippen molar-refractivity contribution in [3.8, 4) is 5.75 Å². The van der Waals surface area contributed by atoms with Crippen molar-refractivity contribution in [1.82, 2.24) is 0 Å². The zero-order chi connectivity index (χ0) is 64.0. The Hall–Kier alpha value is -5.58. The van der Waals surface area contributed by atoms with Gasteiger partial charge in [0.15, 0.2) is 12.9 Å². The fraction of sp³-hybridized carbons (Fsp3) is 0.690. The Morgan fingerprint density at radius 1 is 0.644 bits per heavy atom. The van der Waals surface area contributed by atoms with Crippen molar-refractivity contribution in [2.45, 2.75) is 238 Å². The van der Waals surface area contributed by atoms with Crippen LogP contribution in [0.15, 0.2) is 79.5 Å². The Bertz CT molecular complexity index is 2660. The Balaban J connectivity index is 0.000000157. The predicted molar refractivity (Wildman–Crippen MR) is 330 cm³/mol. The normalized spacial score (nSPS) is 33.8. The maximum absolute atomic E-state index is 12.1. The van der Waals surface area contributed by atoms with Crippen LogP contribution in [0, 0.1) is 59.2 Å². The molecule has 0 aromatic heterocycles. The van der Waals surface area contributed by atoms with Gasteiger partial charge in [-0.25, -0.2) is 24.0 Å². The molecule has 14 rings (SSSR count). The van der Waals surface area contributed by atoms with Gasteiger partial charge in [0.25, 0.3) is 0 Å². The highest BCUT2D eigenvalue weighted by molar-refractivity contribution is 5.89. The van der Waals surface area contributed by atoms with E-state index in [1.54, 1.807) is 26.8 Å². The highest BCUT2D eigenvalue weighted by Gasteiger charge is 2.65. The van der Waals surface area contributed by atoms with Crippen molar-refractivity contribution in [1.29, 1.82) is 0 Å². The number of hydrogen-bond acceptors (Lipinski definition) is 16. The summed E-state index contributed by atoms with van der Waals surface area (Å²) in [6.07, 6.45) is 18.6. The molecule has 0 amide bonds. The first-order valence-electron chi connectivity index (χ1n) is 32.2. The van der Waals surface area contributed by atoms with Crippen molar-refractivity contribution in [2.24, 2.45) is 59.2 Å². The molecule has 12 bridgehead atoms. The number of esters is 6. The molecule has 16 heteroatoms. The van der Waals surface area contributed by atoms with Crippen molar-refractivity contribution in [2.75, 3.05) is 13.2 Å². The highest BCUT2D eigenvalue weighted by Crippen LogP contribution is 2.63. The van der Waals surface area contributed by atoms with Crippen LogP contribution in [0.25, 0.3) is 6.08 Å². The molecule has 1 aromatic rings. The SMILES string of the molecule is C=C(C)C(=O)OC1(C(C)C)C2CC3CC(C2)CC1C3.C=C(C)C(=O)OC1(C(C)C)CCCC1.C=C(C)C(=O)OC12CC3CC(O)(CC(O)(C3)C1)C2.C=C(C)C(=O)OCC(=O)OC1C2CC3CC(C2)C(=O)OC1C3.C=Cc1ccc(OC(C)OCC)cc1. The van der Waals surface area contributed by atoms with Gasteiger partial charge in [0.1, 0.15) is 34.8 Å². The molecule has 13 fully saturated rings. The number of benzene rings is 1. The van der Waals surface area contributed by atoms with Crippen molar-refractivity contribution < 1.29 is 76.9 Å². The Morgan fingerprint density at radius 2 is 1.17 bits per heavy atom. The van der Waals surface area contributed by atoms with Crippen LogP contribution in [-0.2, 0) is 61.9 Å². The lowest BCUT2D eigenvalue weighted by atomic mass is 9.47. The molecule has 2 aliphatic heterocycles. The van der Waals surface area contributed by atoms with Gasteiger partial charge in [0.05, 0.1) is 17.1 Å². The molecule has 11 saturated carbocycles. The van der Waals surface area contributed by atoms with Gasteiger partial charge >= 0.3 is 35.8 Å². The van der Waals surface area contributed by atoms with Gasteiger partial charge in [-0.05, 0) is 209 Å². The molecular formula is C71H102O16. The van der Waals surface area contributed by atoms with Crippen molar-refractivity contribution in [3.63, 3.8) is 0 Å². The highest BCUT2D eigenvalue weighted by atomic mass is 16.7. The van der Waals surface area contributed by atoms with E-state index in [9.17, 15) is 39.0 Å². The summed E-state index contributed by atoms with van der Waals surface area (Å²) in [6.45, 7) is 37.4. The van der Waals surface area contributed by atoms with Crippen LogP contribution in [0.3, 0.4) is 0 Å². The quantitative estimate of drug-likeness (QED) is 0.0641. The van der Waals surface area contributed by atoms with Gasteiger partial charge in [0.2, 0.25) is 0 Å². The fourth-order valence-electron chi connectivity index (χ4n) is 17.1. The van der Waals surface area contributed by atoms with E-state index in [1.165, 1.54) is 51.9 Å². The van der Waals surface area contributed by atoms with Gasteiger partial charge in [-0.15, -0.1) is 0 Å². The smallest absolute Gasteiger partial charge is 0.344 e. The second-order valence-electron chi connectivity index (χ2n) is 28.4.